The van der Waals surface area contributed by atoms with Gasteiger partial charge in [-0.3, -0.25) is 38.4 Å². The number of amides is 7. The second-order valence-electron chi connectivity index (χ2n) is 34.3. The number of carbonyl (C=O) groups excluding carboxylic acids is 8. The second kappa shape index (κ2) is 36.0. The molecular weight excluding hydrogens is 1630 g/mol. The van der Waals surface area contributed by atoms with Gasteiger partial charge in [0.2, 0.25) is 59.2 Å². The van der Waals surface area contributed by atoms with Crippen LogP contribution in [0.2, 0.25) is 5.02 Å². The number of phenols is 1. The lowest BCUT2D eigenvalue weighted by atomic mass is 9.54. The molecule has 7 amide bonds. The van der Waals surface area contributed by atoms with Crippen LogP contribution in [0.3, 0.4) is 0 Å². The van der Waals surface area contributed by atoms with Crippen molar-refractivity contribution < 1.29 is 122 Å². The number of nitrogens with two attached hydrogens (primary N) is 3. The molecule has 6 aromatic carbocycles. The zero-order valence-electron chi connectivity index (χ0n) is 68.5. The predicted octanol–water partition coefficient (Wildman–Crippen LogP) is 1.47. The zero-order chi connectivity index (χ0) is 88.4. The molecule has 124 heavy (non-hydrogen) atoms. The smallest absolute Gasteiger partial charge is 0.248 e. The van der Waals surface area contributed by atoms with Gasteiger partial charge < -0.3 is 144 Å². The Morgan fingerprint density at radius 1 is 0.669 bits per heavy atom. The number of nitrogens with one attached hydrogen (secondary N) is 8. The number of benzene rings is 6. The van der Waals surface area contributed by atoms with E-state index in [-0.39, 0.29) is 141 Å². The van der Waals surface area contributed by atoms with E-state index in [0.29, 0.717) is 11.8 Å². The molecule has 7 aliphatic heterocycles. The van der Waals surface area contributed by atoms with Crippen molar-refractivity contribution in [3.8, 4) is 57.1 Å². The summed E-state index contributed by atoms with van der Waals surface area (Å²) in [5.41, 5.74) is 14.9. The van der Waals surface area contributed by atoms with Crippen molar-refractivity contribution in [1.29, 1.82) is 0 Å². The minimum atomic E-state index is -2.97. The van der Waals surface area contributed by atoms with E-state index in [1.165, 1.54) is 106 Å². The Labute approximate surface area is 716 Å². The number of fused-ring (bicyclic) bond motifs is 12. The normalized spacial score (nSPS) is 31.2. The van der Waals surface area contributed by atoms with Crippen molar-refractivity contribution in [2.24, 2.45) is 46.8 Å². The summed E-state index contributed by atoms with van der Waals surface area (Å²) in [6, 6.07) is 7.02. The first-order chi connectivity index (χ1) is 59.1. The maximum atomic E-state index is 16.8. The molecule has 4 saturated carbocycles. The number of ether oxygens (including phenoxy) is 8. The molecule has 0 spiro atoms. The number of phenolic OH excluding ortho intramolecular Hbond substituents is 1. The lowest BCUT2D eigenvalue weighted by Gasteiger charge is -2.54. The van der Waals surface area contributed by atoms with Gasteiger partial charge >= 0.3 is 0 Å². The average Bonchev–Trinajstić information content (AvgIpc) is 1.57. The first-order valence-electron chi connectivity index (χ1n) is 41.6. The molecule has 37 heteroatoms. The fourth-order valence-electron chi connectivity index (χ4n) is 19.0. The highest BCUT2D eigenvalue weighted by Gasteiger charge is 2.54. The van der Waals surface area contributed by atoms with Gasteiger partial charge in [0, 0.05) is 54.2 Å². The number of likely N-dealkylation sites (N-methyl/N-ethyl adjacent to an activating group) is 1. The van der Waals surface area contributed by atoms with Crippen LogP contribution in [0.5, 0.6) is 46.0 Å². The van der Waals surface area contributed by atoms with E-state index in [0.717, 1.165) is 50.3 Å². The van der Waals surface area contributed by atoms with Crippen LogP contribution < -0.4 is 83.4 Å². The van der Waals surface area contributed by atoms with Gasteiger partial charge in [0.05, 0.1) is 29.9 Å². The van der Waals surface area contributed by atoms with Gasteiger partial charge in [-0.1, -0.05) is 55.8 Å². The Hall–Kier alpha value is -10.2. The van der Waals surface area contributed by atoms with Crippen molar-refractivity contribution >= 4 is 58.7 Å². The maximum absolute atomic E-state index is 16.8. The first kappa shape index (κ1) is 88.6. The number of ketones is 1. The predicted molar refractivity (Wildman–Crippen MR) is 438 cm³/mol. The highest BCUT2D eigenvalue weighted by Crippen LogP contribution is 2.56. The molecule has 23 N–H and O–H groups in total. The topological polar surface area (TPSA) is 567 Å². The van der Waals surface area contributed by atoms with Crippen LogP contribution in [0.1, 0.15) is 159 Å². The van der Waals surface area contributed by atoms with Crippen LogP contribution in [0.15, 0.2) is 103 Å². The molecule has 12 aliphatic rings. The van der Waals surface area contributed by atoms with Crippen LogP contribution in [-0.4, -0.2) is 218 Å². The molecule has 18 atom stereocenters. The van der Waals surface area contributed by atoms with Crippen molar-refractivity contribution in [3.63, 3.8) is 0 Å². The Morgan fingerprint density at radius 2 is 1.32 bits per heavy atom. The summed E-state index contributed by atoms with van der Waals surface area (Å²) in [5.74, 6) is -13.6. The molecule has 664 valence electrons. The Kier molecular flexibility index (Phi) is 25.7. The summed E-state index contributed by atoms with van der Waals surface area (Å²) in [4.78, 5) is 126. The van der Waals surface area contributed by atoms with Gasteiger partial charge in [0.15, 0.2) is 41.2 Å². The number of hydrogen-bond donors (Lipinski definition) is 20. The molecule has 18 rings (SSSR count). The summed E-state index contributed by atoms with van der Waals surface area (Å²) < 4.78 is 51.0. The van der Waals surface area contributed by atoms with Gasteiger partial charge in [0.25, 0.3) is 0 Å². The first-order valence-corrected chi connectivity index (χ1v) is 42.0. The average molecular weight is 1740 g/mol. The fraction of sp³-hybridized carbons (Fsp3) is 0.494. The molecule has 36 nitrogen and oxygen atoms in total. The summed E-state index contributed by atoms with van der Waals surface area (Å²) in [5, 5.41) is 130. The van der Waals surface area contributed by atoms with Crippen molar-refractivity contribution in [3.05, 3.63) is 153 Å². The van der Waals surface area contributed by atoms with Crippen molar-refractivity contribution in [2.75, 3.05) is 40.0 Å². The molecule has 2 saturated heterocycles. The standard InChI is InChI=1S/C87H104ClN11O25/c1-36(2)20-54(92-5)78(108)98-70-72(104)43-10-14-57(53(88)27-43)121-61-30-46-29-60(75(61)124-85-76(74(106)73(105)62(35-100)122-85)123-63-34-86(4,91)77(107)37(3)119-63)120-48-11-6-40(7-12-48)71(103)69-84(114)97-68(82(112)94-65-44-22-38-21-39(24-44)25-45(65)23-38)50-31-47(101)32-52-64(50)49-26-42(8-13-51(49)87(52,115)116)66(80(110)99-69)96-81(111)67(46)95-79(109)55(93-83(70)113)33-56(102)41-9-15-58(117-18-16-89)59(28-41)118-19-17-90/h6-15,26-32,36-39,44-45,54-55,62-63,65-74,76-77,85,92,100-101,103-107,115-116H,16-25,33-35,89-91H2,1-5H3,(H,93,113)(H,94,112)(H,95,109)(H,96,111)(H,97,114)(H,98,108)(H,99,110)/t37-,38?,39?,44?,45?,54+,55-,62+,63-,65?,66+,67+,68-,69-,70+,71+,72+,73+,74-,76+,77+,85-,86-/m0/s1. The van der Waals surface area contributed by atoms with Crippen LogP contribution >= 0.6 is 11.6 Å². The molecule has 5 aliphatic carbocycles. The third-order valence-corrected chi connectivity index (χ3v) is 25.3. The minimum Gasteiger partial charge on any atom is -0.508 e. The SMILES string of the molecule is CN[C@H](CC(C)C)C(=O)N[C@H]1C(=O)N[C@@H](CC(=O)c2ccc(OCCN)c(OCCN)c2)C(=O)N[C@H]2C(=O)N[C@H]3C(=O)N[C@H](C(=O)N[C@H](C(=O)NC4C5CC6CC(C5)CC4C6)c4cc(O)cc5c4-c4cc3ccc4C5(O)O)[C@H](O)c3ccc(cc3)Oc3cc2cc(c3O[C@@H]2O[C@H](CO)[C@@H](O)[C@H](O)[C@H]2O[C@H]2C[C@](C)(N)[C@H](O)[C@H](C)O2)Oc2ccc(cc2Cl)[C@H]1O. The van der Waals surface area contributed by atoms with Crippen LogP contribution in [0.4, 0.5) is 0 Å². The molecular formula is C87H104ClN11O25. The quantitative estimate of drug-likeness (QED) is 0.0358. The molecule has 15 bridgehead atoms. The minimum absolute atomic E-state index is 0.00626. The molecule has 0 radical (unpaired) electrons. The molecule has 0 aromatic heterocycles. The number of halogens is 1. The number of hydrogen-bond acceptors (Lipinski definition) is 29. The maximum Gasteiger partial charge on any atom is 0.248 e. The fourth-order valence-corrected chi connectivity index (χ4v) is 19.2. The van der Waals surface area contributed by atoms with E-state index < -0.39 is 204 Å². The molecule has 6 fully saturated rings. The zero-order valence-corrected chi connectivity index (χ0v) is 69.2. The Balaban J connectivity index is 0.930. The second-order valence-corrected chi connectivity index (χ2v) is 34.7. The lowest BCUT2D eigenvalue weighted by molar-refractivity contribution is -0.333. The van der Waals surface area contributed by atoms with Crippen molar-refractivity contribution in [2.45, 2.75) is 200 Å². The largest absolute Gasteiger partial charge is 0.508 e. The van der Waals surface area contributed by atoms with E-state index in [4.69, 9.17) is 66.7 Å². The van der Waals surface area contributed by atoms with Crippen molar-refractivity contribution in [1.82, 2.24) is 42.5 Å². The lowest BCUT2D eigenvalue weighted by Crippen LogP contribution is -2.64. The summed E-state index contributed by atoms with van der Waals surface area (Å²) in [6.45, 7) is 5.78. The van der Waals surface area contributed by atoms with Gasteiger partial charge in [0.1, 0.15) is 97.2 Å². The number of rotatable bonds is 21. The summed E-state index contributed by atoms with van der Waals surface area (Å²) >= 11 is 7.25. The van der Waals surface area contributed by atoms with Gasteiger partial charge in [-0.2, -0.15) is 0 Å². The van der Waals surface area contributed by atoms with E-state index in [1.54, 1.807) is 0 Å². The highest BCUT2D eigenvalue weighted by atomic mass is 35.5. The van der Waals surface area contributed by atoms with Crippen LogP contribution in [0, 0.1) is 29.6 Å². The van der Waals surface area contributed by atoms with Gasteiger partial charge in [-0.25, -0.2) is 0 Å². The molecule has 6 aromatic rings. The number of carbonyl (C=O) groups is 8. The van der Waals surface area contributed by atoms with Gasteiger partial charge in [-0.05, 0) is 201 Å². The molecule has 7 heterocycles. The molecule has 0 unspecified atom stereocenters. The van der Waals surface area contributed by atoms with E-state index in [9.17, 15) is 50.8 Å². The van der Waals surface area contributed by atoms with E-state index in [1.807, 2.05) is 13.8 Å². The third-order valence-electron chi connectivity index (χ3n) is 25.1. The highest BCUT2D eigenvalue weighted by molar-refractivity contribution is 6.32. The third kappa shape index (κ3) is 17.8. The van der Waals surface area contributed by atoms with E-state index in [2.05, 4.69) is 42.5 Å². The number of aliphatic hydroxyl groups excluding tert-OH is 6. The Bertz CT molecular complexity index is 5070. The van der Waals surface area contributed by atoms with Crippen LogP contribution in [-0.2, 0) is 53.6 Å². The Morgan fingerprint density at radius 3 is 1.98 bits per heavy atom. The monoisotopic (exact) mass is 1740 g/mol. The van der Waals surface area contributed by atoms with Gasteiger partial charge in [-0.15, -0.1) is 0 Å². The van der Waals surface area contributed by atoms with Crippen LogP contribution in [0.25, 0.3) is 11.1 Å². The summed E-state index contributed by atoms with van der Waals surface area (Å²) in [6.07, 6.45) is -13.8. The number of Topliss-reactive ketones (excluding diaryl/α,β-unsaturated/α-hetero) is 1. The van der Waals surface area contributed by atoms with E-state index >= 15 is 33.6 Å². The number of aliphatic hydroxyl groups is 8. The summed E-state index contributed by atoms with van der Waals surface area (Å²) in [7, 11) is 1.50. The number of aromatic hydroxyl groups is 1.